The summed E-state index contributed by atoms with van der Waals surface area (Å²) in [7, 11) is 0. The van der Waals surface area contributed by atoms with Crippen molar-refractivity contribution in [1.82, 2.24) is 9.97 Å². The number of hydrogen-bond donors (Lipinski definition) is 3. The number of nitrogens with zero attached hydrogens (tertiary/aromatic N) is 3. The molecule has 1 aliphatic heterocycles. The number of anilines is 3. The summed E-state index contributed by atoms with van der Waals surface area (Å²) in [5, 5.41) is 15.9. The van der Waals surface area contributed by atoms with Crippen molar-refractivity contribution in [2.75, 3.05) is 41.8 Å². The maximum atomic E-state index is 12.4. The number of ether oxygens (including phenoxy) is 1. The van der Waals surface area contributed by atoms with E-state index in [1.54, 1.807) is 47.8 Å². The van der Waals surface area contributed by atoms with Crippen LogP contribution in [-0.4, -0.2) is 53.2 Å². The van der Waals surface area contributed by atoms with Gasteiger partial charge in [-0.25, -0.2) is 4.98 Å². The monoisotopic (exact) mass is 433 g/mol. The molecule has 1 atom stereocenters. The Bertz CT molecular complexity index is 1080. The number of pyridine rings is 2. The zero-order valence-corrected chi connectivity index (χ0v) is 17.3. The fourth-order valence-electron chi connectivity index (χ4n) is 3.47. The average Bonchev–Trinajstić information content (AvgIpc) is 2.82. The van der Waals surface area contributed by atoms with E-state index in [0.717, 1.165) is 5.82 Å². The highest BCUT2D eigenvalue weighted by molar-refractivity contribution is 5.98. The molecule has 0 bridgehead atoms. The Kier molecular flexibility index (Phi) is 6.45. The normalized spacial score (nSPS) is 13.6. The number of aromatic nitrogens is 2. The van der Waals surface area contributed by atoms with Crippen molar-refractivity contribution in [1.29, 1.82) is 0 Å². The van der Waals surface area contributed by atoms with Gasteiger partial charge in [0, 0.05) is 50.0 Å². The first-order chi connectivity index (χ1) is 15.6. The lowest BCUT2D eigenvalue weighted by molar-refractivity contribution is -0.138. The SMILES string of the molecule is O=C(O)C(CNc1ccc2c(c1)OCC(=O)N2CCNc1ccccn1)c1cccnc1. The summed E-state index contributed by atoms with van der Waals surface area (Å²) < 4.78 is 5.62. The number of carboxylic acid groups (broad SMARTS) is 1. The Morgan fingerprint density at radius 2 is 2.06 bits per heavy atom. The molecule has 3 heterocycles. The van der Waals surface area contributed by atoms with E-state index in [1.165, 1.54) is 0 Å². The first-order valence-corrected chi connectivity index (χ1v) is 10.2. The third-order valence-electron chi connectivity index (χ3n) is 5.10. The van der Waals surface area contributed by atoms with Crippen LogP contribution < -0.4 is 20.3 Å². The van der Waals surface area contributed by atoms with E-state index in [0.29, 0.717) is 35.8 Å². The van der Waals surface area contributed by atoms with E-state index >= 15 is 0 Å². The highest BCUT2D eigenvalue weighted by Crippen LogP contribution is 2.34. The van der Waals surface area contributed by atoms with E-state index in [9.17, 15) is 14.7 Å². The Balaban J connectivity index is 1.42. The third-order valence-corrected chi connectivity index (χ3v) is 5.10. The van der Waals surface area contributed by atoms with Gasteiger partial charge in [-0.1, -0.05) is 12.1 Å². The summed E-state index contributed by atoms with van der Waals surface area (Å²) in [6.45, 7) is 1.14. The van der Waals surface area contributed by atoms with Gasteiger partial charge in [0.25, 0.3) is 5.91 Å². The fraction of sp³-hybridized carbons (Fsp3) is 0.217. The average molecular weight is 433 g/mol. The Hall–Kier alpha value is -4.14. The minimum Gasteiger partial charge on any atom is -0.481 e. The maximum Gasteiger partial charge on any atom is 0.312 e. The van der Waals surface area contributed by atoms with E-state index in [4.69, 9.17) is 4.74 Å². The Labute approximate surface area is 185 Å². The van der Waals surface area contributed by atoms with Crippen LogP contribution in [0, 0.1) is 0 Å². The molecule has 0 spiro atoms. The van der Waals surface area contributed by atoms with Crippen LogP contribution in [0.4, 0.5) is 17.2 Å². The number of rotatable bonds is 9. The minimum atomic E-state index is -0.933. The topological polar surface area (TPSA) is 117 Å². The van der Waals surface area contributed by atoms with Crippen LogP contribution in [0.1, 0.15) is 11.5 Å². The number of amides is 1. The van der Waals surface area contributed by atoms with Crippen molar-refractivity contribution in [3.63, 3.8) is 0 Å². The number of aliphatic carboxylic acids is 1. The van der Waals surface area contributed by atoms with Crippen molar-refractivity contribution in [3.05, 3.63) is 72.7 Å². The molecular weight excluding hydrogens is 410 g/mol. The van der Waals surface area contributed by atoms with Crippen LogP contribution in [0.25, 0.3) is 0 Å². The van der Waals surface area contributed by atoms with Gasteiger partial charge in [-0.05, 0) is 35.9 Å². The Morgan fingerprint density at radius 1 is 1.16 bits per heavy atom. The fourth-order valence-corrected chi connectivity index (χ4v) is 3.47. The van der Waals surface area contributed by atoms with E-state index in [-0.39, 0.29) is 19.1 Å². The summed E-state index contributed by atoms with van der Waals surface area (Å²) in [6, 6.07) is 14.4. The van der Waals surface area contributed by atoms with Crippen LogP contribution in [0.5, 0.6) is 5.75 Å². The van der Waals surface area contributed by atoms with E-state index < -0.39 is 11.9 Å². The van der Waals surface area contributed by atoms with Gasteiger partial charge in [-0.3, -0.25) is 14.6 Å². The number of carboxylic acids is 1. The number of hydrogen-bond acceptors (Lipinski definition) is 7. The lowest BCUT2D eigenvalue weighted by atomic mass is 10.0. The molecule has 1 unspecified atom stereocenters. The first kappa shape index (κ1) is 21.1. The van der Waals surface area contributed by atoms with E-state index in [1.807, 2.05) is 24.3 Å². The maximum absolute atomic E-state index is 12.4. The quantitative estimate of drug-likeness (QED) is 0.472. The minimum absolute atomic E-state index is 0.0481. The molecule has 0 radical (unpaired) electrons. The second-order valence-electron chi connectivity index (χ2n) is 7.22. The molecule has 0 aliphatic carbocycles. The molecule has 0 saturated heterocycles. The van der Waals surface area contributed by atoms with Gasteiger partial charge in [0.1, 0.15) is 17.5 Å². The molecule has 2 aromatic heterocycles. The Morgan fingerprint density at radius 3 is 2.81 bits per heavy atom. The van der Waals surface area contributed by atoms with Crippen LogP contribution in [0.2, 0.25) is 0 Å². The van der Waals surface area contributed by atoms with Gasteiger partial charge in [-0.2, -0.15) is 0 Å². The van der Waals surface area contributed by atoms with E-state index in [2.05, 4.69) is 20.6 Å². The van der Waals surface area contributed by atoms with Gasteiger partial charge >= 0.3 is 5.97 Å². The van der Waals surface area contributed by atoms with Crippen LogP contribution in [-0.2, 0) is 9.59 Å². The molecule has 0 fully saturated rings. The van der Waals surface area contributed by atoms with Crippen molar-refractivity contribution in [2.45, 2.75) is 5.92 Å². The molecule has 4 rings (SSSR count). The predicted octanol–water partition coefficient (Wildman–Crippen LogP) is 2.59. The van der Waals surface area contributed by atoms with Gasteiger partial charge < -0.3 is 25.4 Å². The first-order valence-electron chi connectivity index (χ1n) is 10.2. The van der Waals surface area contributed by atoms with Crippen molar-refractivity contribution < 1.29 is 19.4 Å². The number of nitrogens with one attached hydrogen (secondary N) is 2. The smallest absolute Gasteiger partial charge is 0.312 e. The summed E-state index contributed by atoms with van der Waals surface area (Å²) >= 11 is 0. The second-order valence-corrected chi connectivity index (χ2v) is 7.22. The van der Waals surface area contributed by atoms with Crippen LogP contribution in [0.3, 0.4) is 0 Å². The summed E-state index contributed by atoms with van der Waals surface area (Å²) in [5.74, 6) is -0.480. The standard InChI is InChI=1S/C23H23N5O4/c29-22-15-32-20-12-17(27-14-18(23(30)31)16-4-3-8-24-13-16)6-7-19(20)28(22)11-10-26-21-5-1-2-9-25-21/h1-9,12-13,18,27H,10-11,14-15H2,(H,25,26)(H,30,31). The summed E-state index contributed by atoms with van der Waals surface area (Å²) in [4.78, 5) is 34.0. The van der Waals surface area contributed by atoms with Crippen molar-refractivity contribution in [3.8, 4) is 5.75 Å². The van der Waals surface area contributed by atoms with Gasteiger partial charge in [0.2, 0.25) is 0 Å². The number of carbonyl (C=O) groups excluding carboxylic acids is 1. The number of carbonyl (C=O) groups is 2. The highest BCUT2D eigenvalue weighted by Gasteiger charge is 2.26. The molecule has 1 aliphatic rings. The zero-order valence-electron chi connectivity index (χ0n) is 17.3. The lowest BCUT2D eigenvalue weighted by Crippen LogP contribution is -2.41. The molecule has 3 N–H and O–H groups in total. The summed E-state index contributed by atoms with van der Waals surface area (Å²) in [6.07, 6.45) is 4.86. The molecule has 0 saturated carbocycles. The molecule has 9 nitrogen and oxygen atoms in total. The highest BCUT2D eigenvalue weighted by atomic mass is 16.5. The van der Waals surface area contributed by atoms with Crippen LogP contribution in [0.15, 0.2) is 67.1 Å². The van der Waals surface area contributed by atoms with Crippen molar-refractivity contribution >= 4 is 29.1 Å². The van der Waals surface area contributed by atoms with Gasteiger partial charge in [-0.15, -0.1) is 0 Å². The summed E-state index contributed by atoms with van der Waals surface area (Å²) in [5.41, 5.74) is 2.01. The molecule has 32 heavy (non-hydrogen) atoms. The molecule has 3 aromatic rings. The van der Waals surface area contributed by atoms with Crippen LogP contribution >= 0.6 is 0 Å². The zero-order chi connectivity index (χ0) is 22.3. The molecular formula is C23H23N5O4. The van der Waals surface area contributed by atoms with Gasteiger partial charge in [0.05, 0.1) is 5.69 Å². The number of benzene rings is 1. The second kappa shape index (κ2) is 9.78. The van der Waals surface area contributed by atoms with Gasteiger partial charge in [0.15, 0.2) is 6.61 Å². The number of fused-ring (bicyclic) bond motifs is 1. The molecule has 1 amide bonds. The molecule has 164 valence electrons. The predicted molar refractivity (Wildman–Crippen MR) is 120 cm³/mol. The third kappa shape index (κ3) is 4.94. The molecule has 1 aromatic carbocycles. The molecule has 9 heteroatoms. The van der Waals surface area contributed by atoms with Crippen molar-refractivity contribution in [2.24, 2.45) is 0 Å². The largest absolute Gasteiger partial charge is 0.481 e. The lowest BCUT2D eigenvalue weighted by Gasteiger charge is -2.30.